The summed E-state index contributed by atoms with van der Waals surface area (Å²) in [4.78, 5) is 16.3. The summed E-state index contributed by atoms with van der Waals surface area (Å²) in [7, 11) is 1.85. The number of halogens is 1. The lowest BCUT2D eigenvalue weighted by molar-refractivity contribution is 0.0946. The molecule has 2 rings (SSSR count). The van der Waals surface area contributed by atoms with Crippen LogP contribution < -0.4 is 5.32 Å². The highest BCUT2D eigenvalue weighted by atomic mass is 79.9. The molecule has 0 fully saturated rings. The zero-order valence-corrected chi connectivity index (χ0v) is 12.6. The molecule has 0 atom stereocenters. The van der Waals surface area contributed by atoms with Crippen molar-refractivity contribution in [1.29, 1.82) is 0 Å². The summed E-state index contributed by atoms with van der Waals surface area (Å²) in [5.41, 5.74) is 1.69. The number of amides is 1. The molecule has 1 N–H and O–H groups in total. The van der Waals surface area contributed by atoms with Gasteiger partial charge in [0.2, 0.25) is 0 Å². The standard InChI is InChI=1S/C12H14BrN3OS/c1-8-7-18-11(15-8)3-4-14-12(17)10-5-9(13)6-16(10)2/h5-7H,3-4H2,1-2H3,(H,14,17). The van der Waals surface area contributed by atoms with Crippen molar-refractivity contribution in [1.82, 2.24) is 14.9 Å². The molecular formula is C12H14BrN3OS. The molecule has 1 amide bonds. The lowest BCUT2D eigenvalue weighted by atomic mass is 10.3. The van der Waals surface area contributed by atoms with Crippen molar-refractivity contribution >= 4 is 33.2 Å². The Morgan fingerprint density at radius 1 is 1.61 bits per heavy atom. The predicted molar refractivity (Wildman–Crippen MR) is 76.0 cm³/mol. The lowest BCUT2D eigenvalue weighted by Gasteiger charge is -2.04. The average molecular weight is 328 g/mol. The number of nitrogens with zero attached hydrogens (tertiary/aromatic N) is 2. The van der Waals surface area contributed by atoms with Crippen LogP contribution in [0.15, 0.2) is 22.1 Å². The molecule has 2 aromatic rings. The minimum atomic E-state index is -0.0588. The third kappa shape index (κ3) is 3.20. The van der Waals surface area contributed by atoms with Crippen LogP contribution in [-0.4, -0.2) is 22.0 Å². The van der Waals surface area contributed by atoms with E-state index in [-0.39, 0.29) is 5.91 Å². The Morgan fingerprint density at radius 2 is 2.39 bits per heavy atom. The number of aromatic nitrogens is 2. The zero-order valence-electron chi connectivity index (χ0n) is 10.2. The molecule has 96 valence electrons. The normalized spacial score (nSPS) is 10.6. The van der Waals surface area contributed by atoms with Gasteiger partial charge in [0.05, 0.1) is 5.01 Å². The Balaban J connectivity index is 1.87. The average Bonchev–Trinajstić information content (AvgIpc) is 2.85. The summed E-state index contributed by atoms with van der Waals surface area (Å²) in [6, 6.07) is 1.81. The van der Waals surface area contributed by atoms with Gasteiger partial charge in [0.15, 0.2) is 0 Å². The Morgan fingerprint density at radius 3 is 2.94 bits per heavy atom. The molecule has 2 aromatic heterocycles. The van der Waals surface area contributed by atoms with E-state index in [0.29, 0.717) is 12.2 Å². The van der Waals surface area contributed by atoms with Crippen molar-refractivity contribution in [3.8, 4) is 0 Å². The van der Waals surface area contributed by atoms with E-state index in [9.17, 15) is 4.79 Å². The van der Waals surface area contributed by atoms with Crippen LogP contribution in [0.1, 0.15) is 21.2 Å². The molecule has 0 aromatic carbocycles. The number of rotatable bonds is 4. The van der Waals surface area contributed by atoms with Crippen molar-refractivity contribution in [3.05, 3.63) is 38.5 Å². The number of nitrogens with one attached hydrogen (secondary N) is 1. The molecule has 0 radical (unpaired) electrons. The highest BCUT2D eigenvalue weighted by Crippen LogP contribution is 2.13. The van der Waals surface area contributed by atoms with Gasteiger partial charge in [0.25, 0.3) is 5.91 Å². The van der Waals surface area contributed by atoms with E-state index < -0.39 is 0 Å². The third-order valence-electron chi connectivity index (χ3n) is 2.50. The summed E-state index contributed by atoms with van der Waals surface area (Å²) in [5.74, 6) is -0.0588. The van der Waals surface area contributed by atoms with E-state index in [1.165, 1.54) is 0 Å². The molecule has 0 saturated carbocycles. The van der Waals surface area contributed by atoms with Crippen LogP contribution in [0.2, 0.25) is 0 Å². The van der Waals surface area contributed by atoms with E-state index in [4.69, 9.17) is 0 Å². The molecule has 0 unspecified atom stereocenters. The number of thiazole rings is 1. The van der Waals surface area contributed by atoms with E-state index in [0.717, 1.165) is 21.6 Å². The van der Waals surface area contributed by atoms with Gasteiger partial charge in [-0.2, -0.15) is 0 Å². The fourth-order valence-electron chi connectivity index (χ4n) is 1.64. The van der Waals surface area contributed by atoms with Crippen LogP contribution in [0.4, 0.5) is 0 Å². The van der Waals surface area contributed by atoms with E-state index in [1.54, 1.807) is 15.9 Å². The second-order valence-corrected chi connectivity index (χ2v) is 5.90. The SMILES string of the molecule is Cc1csc(CCNC(=O)c2cc(Br)cn2C)n1. The number of aryl methyl sites for hydroxylation is 2. The van der Waals surface area contributed by atoms with Gasteiger partial charge in [-0.1, -0.05) is 0 Å². The second kappa shape index (κ2) is 5.67. The van der Waals surface area contributed by atoms with Gasteiger partial charge in [0.1, 0.15) is 5.69 Å². The predicted octanol–water partition coefficient (Wildman–Crippen LogP) is 2.53. The number of carbonyl (C=O) groups is 1. The first-order chi connectivity index (χ1) is 8.56. The summed E-state index contributed by atoms with van der Waals surface area (Å²) in [6.07, 6.45) is 2.63. The summed E-state index contributed by atoms with van der Waals surface area (Å²) in [5, 5.41) is 5.97. The van der Waals surface area contributed by atoms with Crippen LogP contribution >= 0.6 is 27.3 Å². The van der Waals surface area contributed by atoms with Crippen molar-refractivity contribution < 1.29 is 4.79 Å². The molecule has 2 heterocycles. The smallest absolute Gasteiger partial charge is 0.267 e. The van der Waals surface area contributed by atoms with Gasteiger partial charge in [-0.3, -0.25) is 4.79 Å². The van der Waals surface area contributed by atoms with Crippen LogP contribution in [0, 0.1) is 6.92 Å². The highest BCUT2D eigenvalue weighted by Gasteiger charge is 2.10. The van der Waals surface area contributed by atoms with Gasteiger partial charge in [0, 0.05) is 41.8 Å². The van der Waals surface area contributed by atoms with Gasteiger partial charge in [-0.05, 0) is 28.9 Å². The highest BCUT2D eigenvalue weighted by molar-refractivity contribution is 9.10. The first kappa shape index (κ1) is 13.3. The Bertz CT molecular complexity index is 561. The van der Waals surface area contributed by atoms with Crippen molar-refractivity contribution in [2.45, 2.75) is 13.3 Å². The topological polar surface area (TPSA) is 46.9 Å². The second-order valence-electron chi connectivity index (χ2n) is 4.04. The van der Waals surface area contributed by atoms with Crippen LogP contribution in [0.25, 0.3) is 0 Å². The molecule has 0 spiro atoms. The van der Waals surface area contributed by atoms with Crippen LogP contribution in [0.3, 0.4) is 0 Å². The lowest BCUT2D eigenvalue weighted by Crippen LogP contribution is -2.27. The van der Waals surface area contributed by atoms with Crippen molar-refractivity contribution in [2.75, 3.05) is 6.54 Å². The van der Waals surface area contributed by atoms with E-state index in [1.807, 2.05) is 31.6 Å². The summed E-state index contributed by atoms with van der Waals surface area (Å²) >= 11 is 4.98. The Kier molecular flexibility index (Phi) is 4.19. The van der Waals surface area contributed by atoms with Crippen molar-refractivity contribution in [2.24, 2.45) is 7.05 Å². The molecule has 18 heavy (non-hydrogen) atoms. The first-order valence-electron chi connectivity index (χ1n) is 5.57. The molecule has 0 aliphatic heterocycles. The minimum Gasteiger partial charge on any atom is -0.350 e. The number of hydrogen-bond acceptors (Lipinski definition) is 3. The van der Waals surface area contributed by atoms with E-state index >= 15 is 0 Å². The zero-order chi connectivity index (χ0) is 13.1. The molecule has 0 aliphatic carbocycles. The number of hydrogen-bond donors (Lipinski definition) is 1. The molecule has 0 saturated heterocycles. The molecule has 0 aliphatic rings. The van der Waals surface area contributed by atoms with E-state index in [2.05, 4.69) is 26.2 Å². The van der Waals surface area contributed by atoms with Gasteiger partial charge in [-0.25, -0.2) is 4.98 Å². The Hall–Kier alpha value is -1.14. The minimum absolute atomic E-state index is 0.0588. The van der Waals surface area contributed by atoms with Crippen LogP contribution in [-0.2, 0) is 13.5 Å². The van der Waals surface area contributed by atoms with Crippen molar-refractivity contribution in [3.63, 3.8) is 0 Å². The largest absolute Gasteiger partial charge is 0.350 e. The fourth-order valence-corrected chi connectivity index (χ4v) is 2.94. The Labute approximate surface area is 118 Å². The first-order valence-corrected chi connectivity index (χ1v) is 7.24. The fraction of sp³-hybridized carbons (Fsp3) is 0.333. The quantitative estimate of drug-likeness (QED) is 0.937. The van der Waals surface area contributed by atoms with Gasteiger partial charge in [-0.15, -0.1) is 11.3 Å². The van der Waals surface area contributed by atoms with Gasteiger partial charge >= 0.3 is 0 Å². The summed E-state index contributed by atoms with van der Waals surface area (Å²) in [6.45, 7) is 2.58. The number of carbonyl (C=O) groups excluding carboxylic acids is 1. The molecular weight excluding hydrogens is 314 g/mol. The third-order valence-corrected chi connectivity index (χ3v) is 3.96. The maximum Gasteiger partial charge on any atom is 0.267 e. The molecule has 6 heteroatoms. The molecule has 4 nitrogen and oxygen atoms in total. The maximum absolute atomic E-state index is 11.9. The van der Waals surface area contributed by atoms with Crippen LogP contribution in [0.5, 0.6) is 0 Å². The van der Waals surface area contributed by atoms with Gasteiger partial charge < -0.3 is 9.88 Å². The summed E-state index contributed by atoms with van der Waals surface area (Å²) < 4.78 is 2.71. The monoisotopic (exact) mass is 327 g/mol. The maximum atomic E-state index is 11.9. The molecule has 0 bridgehead atoms.